The van der Waals surface area contributed by atoms with Crippen molar-refractivity contribution >= 4 is 41.0 Å². The average Bonchev–Trinajstić information content (AvgIpc) is 2.89. The van der Waals surface area contributed by atoms with E-state index in [2.05, 4.69) is 0 Å². The van der Waals surface area contributed by atoms with Crippen LogP contribution in [0.1, 0.15) is 36.7 Å². The highest BCUT2D eigenvalue weighted by Crippen LogP contribution is 2.35. The lowest BCUT2D eigenvalue weighted by atomic mass is 10.1. The summed E-state index contributed by atoms with van der Waals surface area (Å²) in [7, 11) is 0. The van der Waals surface area contributed by atoms with Crippen LogP contribution in [-0.2, 0) is 9.53 Å². The molecule has 28 heavy (non-hydrogen) atoms. The zero-order valence-corrected chi connectivity index (χ0v) is 17.1. The standard InChI is InChI=1S/C21H18Cl2O5/c1-21(2,3)28-19(24)11-26-14-6-7-15-17(10-14)27-18(20(15)25)8-12-4-5-13(22)9-16(12)23/h4-10H,11H2,1-3H3. The van der Waals surface area contributed by atoms with Crippen LogP contribution in [0.3, 0.4) is 0 Å². The van der Waals surface area contributed by atoms with E-state index in [1.807, 2.05) is 0 Å². The van der Waals surface area contributed by atoms with Crippen LogP contribution in [-0.4, -0.2) is 24.0 Å². The number of Topliss-reactive ketones (excluding diaryl/α,β-unsaturated/α-hetero) is 1. The fourth-order valence-electron chi connectivity index (χ4n) is 2.53. The van der Waals surface area contributed by atoms with Gasteiger partial charge in [0.1, 0.15) is 17.1 Å². The van der Waals surface area contributed by atoms with E-state index in [4.69, 9.17) is 37.4 Å². The minimum atomic E-state index is -0.587. The first-order valence-electron chi connectivity index (χ1n) is 8.50. The van der Waals surface area contributed by atoms with Crippen molar-refractivity contribution < 1.29 is 23.8 Å². The van der Waals surface area contributed by atoms with Crippen molar-refractivity contribution in [3.05, 3.63) is 63.3 Å². The molecular weight excluding hydrogens is 403 g/mol. The first-order valence-corrected chi connectivity index (χ1v) is 9.26. The molecule has 0 bridgehead atoms. The van der Waals surface area contributed by atoms with E-state index >= 15 is 0 Å². The predicted molar refractivity (Wildman–Crippen MR) is 107 cm³/mol. The van der Waals surface area contributed by atoms with Gasteiger partial charge in [0.05, 0.1) is 5.56 Å². The third-order valence-electron chi connectivity index (χ3n) is 3.67. The molecule has 0 saturated carbocycles. The lowest BCUT2D eigenvalue weighted by molar-refractivity contribution is -0.157. The molecule has 5 nitrogen and oxygen atoms in total. The van der Waals surface area contributed by atoms with E-state index in [-0.39, 0.29) is 18.1 Å². The Balaban J connectivity index is 1.73. The van der Waals surface area contributed by atoms with Gasteiger partial charge < -0.3 is 14.2 Å². The van der Waals surface area contributed by atoms with E-state index < -0.39 is 11.6 Å². The molecule has 0 atom stereocenters. The van der Waals surface area contributed by atoms with E-state index in [0.717, 1.165) is 0 Å². The zero-order chi connectivity index (χ0) is 20.5. The average molecular weight is 421 g/mol. The van der Waals surface area contributed by atoms with Crippen LogP contribution in [0.15, 0.2) is 42.2 Å². The Morgan fingerprint density at radius 2 is 1.89 bits per heavy atom. The summed E-state index contributed by atoms with van der Waals surface area (Å²) in [5.41, 5.74) is 0.431. The SMILES string of the molecule is CC(C)(C)OC(=O)COc1ccc2c(c1)OC(=Cc1ccc(Cl)cc1Cl)C2=O. The molecule has 146 valence electrons. The van der Waals surface area contributed by atoms with Gasteiger partial charge in [-0.15, -0.1) is 0 Å². The van der Waals surface area contributed by atoms with Gasteiger partial charge in [-0.05, 0) is 56.7 Å². The summed E-state index contributed by atoms with van der Waals surface area (Å²) < 4.78 is 16.3. The molecule has 0 spiro atoms. The lowest BCUT2D eigenvalue weighted by Gasteiger charge is -2.19. The van der Waals surface area contributed by atoms with E-state index in [1.165, 1.54) is 0 Å². The Hall–Kier alpha value is -2.50. The number of rotatable bonds is 4. The fraction of sp³-hybridized carbons (Fsp3) is 0.238. The van der Waals surface area contributed by atoms with Gasteiger partial charge in [-0.3, -0.25) is 4.79 Å². The number of halogens is 2. The van der Waals surface area contributed by atoms with E-state index in [1.54, 1.807) is 63.2 Å². The van der Waals surface area contributed by atoms with Crippen LogP contribution >= 0.6 is 23.2 Å². The predicted octanol–water partition coefficient (Wildman–Crippen LogP) is 5.33. The van der Waals surface area contributed by atoms with Crippen LogP contribution in [0.4, 0.5) is 0 Å². The van der Waals surface area contributed by atoms with Crippen LogP contribution in [0, 0.1) is 0 Å². The molecule has 0 amide bonds. The quantitative estimate of drug-likeness (QED) is 0.493. The molecule has 0 unspecified atom stereocenters. The number of allylic oxidation sites excluding steroid dienone is 1. The third-order valence-corrected chi connectivity index (χ3v) is 4.23. The maximum atomic E-state index is 12.5. The summed E-state index contributed by atoms with van der Waals surface area (Å²) >= 11 is 12.0. The van der Waals surface area contributed by atoms with Crippen LogP contribution in [0.2, 0.25) is 10.0 Å². The Labute approximate surface area is 172 Å². The Kier molecular flexibility index (Phi) is 5.68. The maximum absolute atomic E-state index is 12.5. The van der Waals surface area contributed by atoms with Gasteiger partial charge in [-0.25, -0.2) is 4.79 Å². The molecule has 2 aromatic rings. The number of carbonyl (C=O) groups is 2. The van der Waals surface area contributed by atoms with Gasteiger partial charge in [0.15, 0.2) is 12.4 Å². The maximum Gasteiger partial charge on any atom is 0.344 e. The zero-order valence-electron chi connectivity index (χ0n) is 15.5. The molecule has 1 aliphatic heterocycles. The van der Waals surface area contributed by atoms with Gasteiger partial charge in [0, 0.05) is 16.1 Å². The molecule has 0 radical (unpaired) electrons. The highest BCUT2D eigenvalue weighted by molar-refractivity contribution is 6.35. The van der Waals surface area contributed by atoms with Gasteiger partial charge in [-0.2, -0.15) is 0 Å². The lowest BCUT2D eigenvalue weighted by Crippen LogP contribution is -2.27. The minimum absolute atomic E-state index is 0.142. The van der Waals surface area contributed by atoms with Crippen molar-refractivity contribution in [3.63, 3.8) is 0 Å². The second kappa shape index (κ2) is 7.86. The molecule has 1 aliphatic rings. The molecule has 0 fully saturated rings. The molecule has 1 heterocycles. The third kappa shape index (κ3) is 4.86. The van der Waals surface area contributed by atoms with Gasteiger partial charge >= 0.3 is 5.97 Å². The number of esters is 1. The second-order valence-corrected chi connectivity index (χ2v) is 7.98. The number of hydrogen-bond acceptors (Lipinski definition) is 5. The highest BCUT2D eigenvalue weighted by Gasteiger charge is 2.28. The molecule has 2 aromatic carbocycles. The van der Waals surface area contributed by atoms with E-state index in [0.29, 0.717) is 32.7 Å². The minimum Gasteiger partial charge on any atom is -0.482 e. The first-order chi connectivity index (χ1) is 13.1. The summed E-state index contributed by atoms with van der Waals surface area (Å²) in [6.45, 7) is 5.09. The molecule has 0 aliphatic carbocycles. The Bertz CT molecular complexity index is 973. The summed E-state index contributed by atoms with van der Waals surface area (Å²) in [4.78, 5) is 24.3. The number of fused-ring (bicyclic) bond motifs is 1. The van der Waals surface area contributed by atoms with E-state index in [9.17, 15) is 9.59 Å². The van der Waals surface area contributed by atoms with Crippen LogP contribution < -0.4 is 9.47 Å². The smallest absolute Gasteiger partial charge is 0.344 e. The number of benzene rings is 2. The van der Waals surface area contributed by atoms with Gasteiger partial charge in [-0.1, -0.05) is 29.3 Å². The van der Waals surface area contributed by atoms with Crippen LogP contribution in [0.25, 0.3) is 6.08 Å². The monoisotopic (exact) mass is 420 g/mol. The molecule has 3 rings (SSSR count). The molecular formula is C21H18Cl2O5. The summed E-state index contributed by atoms with van der Waals surface area (Å²) in [5.74, 6) is 0.136. The molecule has 0 saturated heterocycles. The van der Waals surface area contributed by atoms with Crippen molar-refractivity contribution in [2.75, 3.05) is 6.61 Å². The second-order valence-electron chi connectivity index (χ2n) is 7.14. The summed E-state index contributed by atoms with van der Waals surface area (Å²) in [6.07, 6.45) is 1.56. The van der Waals surface area contributed by atoms with Crippen molar-refractivity contribution in [1.82, 2.24) is 0 Å². The van der Waals surface area contributed by atoms with Gasteiger partial charge in [0.25, 0.3) is 0 Å². The highest BCUT2D eigenvalue weighted by atomic mass is 35.5. The van der Waals surface area contributed by atoms with Crippen LogP contribution in [0.5, 0.6) is 11.5 Å². The number of hydrogen-bond donors (Lipinski definition) is 0. The summed E-state index contributed by atoms with van der Waals surface area (Å²) in [6, 6.07) is 9.71. The number of ether oxygens (including phenoxy) is 3. The Morgan fingerprint density at radius 1 is 1.14 bits per heavy atom. The number of carbonyl (C=O) groups excluding carboxylic acids is 2. The Morgan fingerprint density at radius 3 is 2.57 bits per heavy atom. The summed E-state index contributed by atoms with van der Waals surface area (Å²) in [5, 5.41) is 0.912. The molecule has 0 N–H and O–H groups in total. The fourth-order valence-corrected chi connectivity index (χ4v) is 2.99. The van der Waals surface area contributed by atoms with Gasteiger partial charge in [0.2, 0.25) is 5.78 Å². The topological polar surface area (TPSA) is 61.8 Å². The van der Waals surface area contributed by atoms with Crippen molar-refractivity contribution in [1.29, 1.82) is 0 Å². The number of ketones is 1. The normalized spacial score (nSPS) is 14.6. The first kappa shape index (κ1) is 20.2. The van der Waals surface area contributed by atoms with Crippen molar-refractivity contribution in [2.45, 2.75) is 26.4 Å². The largest absolute Gasteiger partial charge is 0.482 e. The van der Waals surface area contributed by atoms with Crippen molar-refractivity contribution in [3.8, 4) is 11.5 Å². The molecule has 0 aromatic heterocycles. The van der Waals surface area contributed by atoms with Crippen molar-refractivity contribution in [2.24, 2.45) is 0 Å². The molecule has 7 heteroatoms.